The van der Waals surface area contributed by atoms with E-state index in [0.717, 1.165) is 37.9 Å². The molecule has 2 aromatic heterocycles. The van der Waals surface area contributed by atoms with Crippen molar-refractivity contribution in [2.24, 2.45) is 11.8 Å². The highest BCUT2D eigenvalue weighted by Gasteiger charge is 2.24. The number of carbonyl (C=O) groups is 1. The molecule has 230 valence electrons. The number of amides is 1. The standard InChI is InChI=1S/C31H40FN7O3S/c1-4-22-5-8-25(9-6-22)43(41,42)34-13-16-38-14-11-23(12-15-38)19-39-20-28(36-37-39)29-26-17-24(32)7-10-27(26)35-30(29)31(40)33-18-21(2)3/h5-10,17,20-21,23,34-35H,4,11-16,18-19H2,1-3H3,(H,33,40). The minimum Gasteiger partial charge on any atom is -0.350 e. The molecule has 5 rings (SSSR count). The summed E-state index contributed by atoms with van der Waals surface area (Å²) in [5.41, 5.74) is 3.16. The molecular weight excluding hydrogens is 569 g/mol. The smallest absolute Gasteiger partial charge is 0.268 e. The number of aromatic nitrogens is 4. The van der Waals surface area contributed by atoms with E-state index in [4.69, 9.17) is 0 Å². The monoisotopic (exact) mass is 609 g/mol. The number of H-pyrrole nitrogens is 1. The lowest BCUT2D eigenvalue weighted by atomic mass is 9.97. The second-order valence-corrected chi connectivity index (χ2v) is 13.4. The van der Waals surface area contributed by atoms with Crippen molar-refractivity contribution in [3.8, 4) is 11.3 Å². The molecule has 4 aromatic rings. The van der Waals surface area contributed by atoms with E-state index in [-0.39, 0.29) is 22.5 Å². The minimum absolute atomic E-state index is 0.265. The van der Waals surface area contributed by atoms with Crippen LogP contribution in [0.4, 0.5) is 4.39 Å². The highest BCUT2D eigenvalue weighted by atomic mass is 32.2. The van der Waals surface area contributed by atoms with E-state index >= 15 is 0 Å². The fourth-order valence-corrected chi connectivity index (χ4v) is 6.49. The molecule has 3 heterocycles. The molecule has 1 aliphatic rings. The van der Waals surface area contributed by atoms with Gasteiger partial charge in [0.05, 0.1) is 11.1 Å². The van der Waals surface area contributed by atoms with Crippen LogP contribution in [0.2, 0.25) is 0 Å². The molecule has 1 saturated heterocycles. The number of hydrogen-bond donors (Lipinski definition) is 3. The summed E-state index contributed by atoms with van der Waals surface area (Å²) < 4.78 is 44.0. The largest absolute Gasteiger partial charge is 0.350 e. The first-order chi connectivity index (χ1) is 20.6. The predicted molar refractivity (Wildman–Crippen MR) is 165 cm³/mol. The molecule has 3 N–H and O–H groups in total. The van der Waals surface area contributed by atoms with Gasteiger partial charge in [-0.1, -0.05) is 38.1 Å². The second-order valence-electron chi connectivity index (χ2n) is 11.7. The van der Waals surface area contributed by atoms with Crippen molar-refractivity contribution < 1.29 is 17.6 Å². The molecule has 2 aromatic carbocycles. The Kier molecular flexibility index (Phi) is 9.58. The van der Waals surface area contributed by atoms with Crippen LogP contribution in [0.15, 0.2) is 53.6 Å². The average Bonchev–Trinajstić information content (AvgIpc) is 3.60. The van der Waals surface area contributed by atoms with Gasteiger partial charge < -0.3 is 15.2 Å². The van der Waals surface area contributed by atoms with Crippen LogP contribution in [0, 0.1) is 17.7 Å². The van der Waals surface area contributed by atoms with E-state index < -0.39 is 10.0 Å². The van der Waals surface area contributed by atoms with Crippen LogP contribution in [0.1, 0.15) is 49.7 Å². The van der Waals surface area contributed by atoms with E-state index in [1.54, 1.807) is 22.9 Å². The number of hydrogen-bond acceptors (Lipinski definition) is 6. The van der Waals surface area contributed by atoms with Crippen molar-refractivity contribution in [1.29, 1.82) is 0 Å². The number of rotatable bonds is 12. The number of halogens is 1. The zero-order valence-electron chi connectivity index (χ0n) is 24.9. The van der Waals surface area contributed by atoms with E-state index in [0.29, 0.717) is 60.0 Å². The fraction of sp³-hybridized carbons (Fsp3) is 0.452. The summed E-state index contributed by atoms with van der Waals surface area (Å²) in [6.45, 7) is 9.99. The summed E-state index contributed by atoms with van der Waals surface area (Å²) in [6, 6.07) is 11.4. The first kappa shape index (κ1) is 30.8. The molecule has 0 spiro atoms. The predicted octanol–water partition coefficient (Wildman–Crippen LogP) is 4.20. The van der Waals surface area contributed by atoms with Crippen LogP contribution in [0.5, 0.6) is 0 Å². The Labute approximate surface area is 252 Å². The van der Waals surface area contributed by atoms with Gasteiger partial charge in [-0.15, -0.1) is 5.10 Å². The number of likely N-dealkylation sites (tertiary alicyclic amines) is 1. The highest BCUT2D eigenvalue weighted by molar-refractivity contribution is 7.89. The molecule has 0 unspecified atom stereocenters. The van der Waals surface area contributed by atoms with Gasteiger partial charge >= 0.3 is 0 Å². The molecule has 0 bridgehead atoms. The Bertz CT molecular complexity index is 1660. The zero-order valence-corrected chi connectivity index (χ0v) is 25.8. The van der Waals surface area contributed by atoms with Crippen molar-refractivity contribution in [1.82, 2.24) is 34.9 Å². The van der Waals surface area contributed by atoms with Crippen LogP contribution < -0.4 is 10.0 Å². The number of fused-ring (bicyclic) bond motifs is 1. The third-order valence-corrected chi connectivity index (χ3v) is 9.44. The average molecular weight is 610 g/mol. The SMILES string of the molecule is CCc1ccc(S(=O)(=O)NCCN2CCC(Cn3cc(-c4c(C(=O)NCC(C)C)[nH]c5ccc(F)cc45)nn3)CC2)cc1. The maximum atomic E-state index is 14.2. The van der Waals surface area contributed by atoms with Gasteiger partial charge in [0.25, 0.3) is 5.91 Å². The van der Waals surface area contributed by atoms with Gasteiger partial charge in [-0.2, -0.15) is 0 Å². The van der Waals surface area contributed by atoms with E-state index in [1.165, 1.54) is 12.1 Å². The molecule has 1 fully saturated rings. The van der Waals surface area contributed by atoms with Crippen LogP contribution in [-0.2, 0) is 23.0 Å². The molecule has 0 radical (unpaired) electrons. The van der Waals surface area contributed by atoms with Gasteiger partial charge in [-0.05, 0) is 80.1 Å². The number of benzene rings is 2. The van der Waals surface area contributed by atoms with Gasteiger partial charge in [-0.3, -0.25) is 9.48 Å². The van der Waals surface area contributed by atoms with E-state index in [1.807, 2.05) is 39.1 Å². The highest BCUT2D eigenvalue weighted by Crippen LogP contribution is 2.32. The summed E-state index contributed by atoms with van der Waals surface area (Å²) in [5, 5.41) is 12.2. The molecule has 1 aliphatic heterocycles. The first-order valence-electron chi connectivity index (χ1n) is 14.9. The maximum Gasteiger partial charge on any atom is 0.268 e. The van der Waals surface area contributed by atoms with Gasteiger partial charge in [0.2, 0.25) is 10.0 Å². The van der Waals surface area contributed by atoms with Gasteiger partial charge in [0, 0.05) is 42.6 Å². The number of nitrogens with zero attached hydrogens (tertiary/aromatic N) is 4. The number of aryl methyl sites for hydroxylation is 1. The van der Waals surface area contributed by atoms with Crippen molar-refractivity contribution in [2.45, 2.75) is 51.5 Å². The van der Waals surface area contributed by atoms with Crippen molar-refractivity contribution in [3.63, 3.8) is 0 Å². The summed E-state index contributed by atoms with van der Waals surface area (Å²) in [7, 11) is -3.53. The van der Waals surface area contributed by atoms with E-state index in [9.17, 15) is 17.6 Å². The molecule has 1 amide bonds. The quantitative estimate of drug-likeness (QED) is 0.221. The number of carbonyl (C=O) groups excluding carboxylic acids is 1. The molecule has 10 nitrogen and oxygen atoms in total. The van der Waals surface area contributed by atoms with Gasteiger partial charge in [0.1, 0.15) is 17.2 Å². The van der Waals surface area contributed by atoms with Crippen molar-refractivity contribution >= 4 is 26.8 Å². The van der Waals surface area contributed by atoms with Gasteiger partial charge in [0.15, 0.2) is 0 Å². The third-order valence-electron chi connectivity index (χ3n) is 7.97. The lowest BCUT2D eigenvalue weighted by Crippen LogP contribution is -2.40. The molecule has 12 heteroatoms. The van der Waals surface area contributed by atoms with Crippen molar-refractivity contribution in [3.05, 3.63) is 65.7 Å². The Balaban J connectivity index is 1.17. The first-order valence-corrected chi connectivity index (χ1v) is 16.4. The van der Waals surface area contributed by atoms with Crippen LogP contribution >= 0.6 is 0 Å². The molecule has 0 saturated carbocycles. The zero-order chi connectivity index (χ0) is 30.6. The van der Waals surface area contributed by atoms with Crippen LogP contribution in [-0.4, -0.2) is 71.9 Å². The lowest BCUT2D eigenvalue weighted by Gasteiger charge is -2.31. The van der Waals surface area contributed by atoms with Crippen LogP contribution in [0.3, 0.4) is 0 Å². The number of nitrogens with one attached hydrogen (secondary N) is 3. The van der Waals surface area contributed by atoms with Gasteiger partial charge in [-0.25, -0.2) is 17.5 Å². The van der Waals surface area contributed by atoms with Crippen molar-refractivity contribution in [2.75, 3.05) is 32.7 Å². The molecule has 0 atom stereocenters. The number of piperidine rings is 1. The molecule has 0 aliphatic carbocycles. The normalized spacial score (nSPS) is 15.0. The van der Waals surface area contributed by atoms with Crippen LogP contribution in [0.25, 0.3) is 22.2 Å². The Morgan fingerprint density at radius 2 is 1.88 bits per heavy atom. The minimum atomic E-state index is -3.53. The number of sulfonamides is 1. The topological polar surface area (TPSA) is 125 Å². The second kappa shape index (κ2) is 13.4. The Morgan fingerprint density at radius 3 is 2.58 bits per heavy atom. The van der Waals surface area contributed by atoms with E-state index in [2.05, 4.69) is 30.2 Å². The Hall–Kier alpha value is -3.61. The Morgan fingerprint density at radius 1 is 1.14 bits per heavy atom. The maximum absolute atomic E-state index is 14.2. The summed E-state index contributed by atoms with van der Waals surface area (Å²) in [4.78, 5) is 18.8. The molecule has 43 heavy (non-hydrogen) atoms. The summed E-state index contributed by atoms with van der Waals surface area (Å²) in [6.07, 6.45) is 4.58. The summed E-state index contributed by atoms with van der Waals surface area (Å²) in [5.74, 6) is 0.0152. The molecular formula is C31H40FN7O3S. The number of aromatic amines is 1. The summed E-state index contributed by atoms with van der Waals surface area (Å²) >= 11 is 0. The third kappa shape index (κ3) is 7.49. The lowest BCUT2D eigenvalue weighted by molar-refractivity contribution is 0.0945. The fourth-order valence-electron chi connectivity index (χ4n) is 5.47.